The number of aromatic amines is 1. The number of hydrogen-bond donors (Lipinski definition) is 3. The minimum absolute atomic E-state index is 0.0308. The molecule has 5 rings (SSSR count). The van der Waals surface area contributed by atoms with Crippen LogP contribution in [0.1, 0.15) is 34.5 Å². The number of nitrogens with zero attached hydrogens (tertiary/aromatic N) is 1. The zero-order valence-corrected chi connectivity index (χ0v) is 17.7. The second-order valence-corrected chi connectivity index (χ2v) is 8.16. The summed E-state index contributed by atoms with van der Waals surface area (Å²) < 4.78 is 5.35. The SMILES string of the molecule is COc1ccc2[nH]c3c(c2c1)CN(C(=O)CC[C@H]1NC(=O)c2ccccc2NC1=O)CC3. The highest BCUT2D eigenvalue weighted by atomic mass is 16.5. The zero-order chi connectivity index (χ0) is 22.2. The van der Waals surface area contributed by atoms with Crippen molar-refractivity contribution in [1.29, 1.82) is 0 Å². The van der Waals surface area contributed by atoms with E-state index in [1.807, 2.05) is 23.1 Å². The number of aromatic nitrogens is 1. The Balaban J connectivity index is 1.26. The molecule has 8 nitrogen and oxygen atoms in total. The van der Waals surface area contributed by atoms with Gasteiger partial charge in [-0.2, -0.15) is 0 Å². The summed E-state index contributed by atoms with van der Waals surface area (Å²) in [6, 6.07) is 12.0. The number of H-pyrrole nitrogens is 1. The van der Waals surface area contributed by atoms with E-state index in [0.29, 0.717) is 24.3 Å². The van der Waals surface area contributed by atoms with Crippen LogP contribution in [0, 0.1) is 0 Å². The van der Waals surface area contributed by atoms with Crippen molar-refractivity contribution >= 4 is 34.3 Å². The number of anilines is 1. The molecule has 0 saturated carbocycles. The molecule has 3 aromatic rings. The van der Waals surface area contributed by atoms with Gasteiger partial charge < -0.3 is 25.3 Å². The molecule has 0 radical (unpaired) electrons. The molecule has 3 heterocycles. The van der Waals surface area contributed by atoms with Crippen LogP contribution < -0.4 is 15.4 Å². The highest BCUT2D eigenvalue weighted by Crippen LogP contribution is 2.31. The van der Waals surface area contributed by atoms with Gasteiger partial charge in [0.1, 0.15) is 11.8 Å². The van der Waals surface area contributed by atoms with Crippen molar-refractivity contribution in [1.82, 2.24) is 15.2 Å². The smallest absolute Gasteiger partial charge is 0.254 e. The molecule has 0 spiro atoms. The zero-order valence-electron chi connectivity index (χ0n) is 17.7. The van der Waals surface area contributed by atoms with Gasteiger partial charge in [0.2, 0.25) is 11.8 Å². The second kappa shape index (κ2) is 8.03. The molecule has 3 N–H and O–H groups in total. The normalized spacial score (nSPS) is 17.8. The molecule has 0 aliphatic carbocycles. The van der Waals surface area contributed by atoms with Crippen molar-refractivity contribution in [3.05, 3.63) is 59.3 Å². The van der Waals surface area contributed by atoms with Gasteiger partial charge in [-0.3, -0.25) is 14.4 Å². The van der Waals surface area contributed by atoms with E-state index in [9.17, 15) is 14.4 Å². The van der Waals surface area contributed by atoms with Gasteiger partial charge in [-0.15, -0.1) is 0 Å². The van der Waals surface area contributed by atoms with Gasteiger partial charge in [-0.25, -0.2) is 0 Å². The van der Waals surface area contributed by atoms with Crippen molar-refractivity contribution in [3.8, 4) is 5.75 Å². The molecule has 8 heteroatoms. The number of methoxy groups -OCH3 is 1. The van der Waals surface area contributed by atoms with Gasteiger partial charge in [0, 0.05) is 48.1 Å². The Morgan fingerprint density at radius 3 is 2.88 bits per heavy atom. The summed E-state index contributed by atoms with van der Waals surface area (Å²) >= 11 is 0. The number of para-hydroxylation sites is 1. The highest BCUT2D eigenvalue weighted by molar-refractivity contribution is 6.09. The van der Waals surface area contributed by atoms with Crippen LogP contribution in [0.15, 0.2) is 42.5 Å². The monoisotopic (exact) mass is 432 g/mol. The second-order valence-electron chi connectivity index (χ2n) is 8.16. The number of benzene rings is 2. The molecule has 32 heavy (non-hydrogen) atoms. The Kier molecular flexibility index (Phi) is 5.05. The summed E-state index contributed by atoms with van der Waals surface area (Å²) in [5.74, 6) is 0.128. The third-order valence-corrected chi connectivity index (χ3v) is 6.23. The summed E-state index contributed by atoms with van der Waals surface area (Å²) in [7, 11) is 1.64. The number of fused-ring (bicyclic) bond motifs is 4. The van der Waals surface area contributed by atoms with E-state index in [1.165, 1.54) is 0 Å². The third kappa shape index (κ3) is 3.57. The summed E-state index contributed by atoms with van der Waals surface area (Å²) in [5.41, 5.74) is 4.19. The fourth-order valence-corrected chi connectivity index (χ4v) is 4.47. The molecule has 0 unspecified atom stereocenters. The molecule has 0 saturated heterocycles. The summed E-state index contributed by atoms with van der Waals surface area (Å²) in [6.45, 7) is 1.13. The van der Waals surface area contributed by atoms with E-state index in [-0.39, 0.29) is 30.6 Å². The molecular weight excluding hydrogens is 408 g/mol. The Hall–Kier alpha value is -3.81. The molecule has 2 aromatic carbocycles. The van der Waals surface area contributed by atoms with Gasteiger partial charge in [-0.1, -0.05) is 12.1 Å². The summed E-state index contributed by atoms with van der Waals surface area (Å²) in [4.78, 5) is 43.3. The fraction of sp³-hybridized carbons (Fsp3) is 0.292. The van der Waals surface area contributed by atoms with E-state index >= 15 is 0 Å². The lowest BCUT2D eigenvalue weighted by Gasteiger charge is -2.28. The number of ether oxygens (including phenoxy) is 1. The number of nitrogens with one attached hydrogen (secondary N) is 3. The van der Waals surface area contributed by atoms with E-state index in [2.05, 4.69) is 15.6 Å². The Bertz CT molecular complexity index is 1230. The molecule has 0 fully saturated rings. The van der Waals surface area contributed by atoms with Gasteiger partial charge in [-0.05, 0) is 36.8 Å². The maximum Gasteiger partial charge on any atom is 0.254 e. The minimum Gasteiger partial charge on any atom is -0.497 e. The largest absolute Gasteiger partial charge is 0.497 e. The van der Waals surface area contributed by atoms with Gasteiger partial charge >= 0.3 is 0 Å². The van der Waals surface area contributed by atoms with Crippen LogP contribution in [0.4, 0.5) is 5.69 Å². The lowest BCUT2D eigenvalue weighted by molar-refractivity contribution is -0.132. The average Bonchev–Trinajstić information content (AvgIpc) is 3.12. The third-order valence-electron chi connectivity index (χ3n) is 6.23. The number of amides is 3. The van der Waals surface area contributed by atoms with E-state index in [0.717, 1.165) is 34.3 Å². The molecule has 2 aliphatic heterocycles. The topological polar surface area (TPSA) is 104 Å². The van der Waals surface area contributed by atoms with Crippen LogP contribution >= 0.6 is 0 Å². The van der Waals surface area contributed by atoms with Crippen LogP contribution in [-0.4, -0.2) is 47.3 Å². The number of carbonyl (C=O) groups is 3. The van der Waals surface area contributed by atoms with Gasteiger partial charge in [0.25, 0.3) is 5.91 Å². The maximum absolute atomic E-state index is 13.0. The van der Waals surface area contributed by atoms with Crippen molar-refractivity contribution in [2.75, 3.05) is 19.0 Å². The lowest BCUT2D eigenvalue weighted by Crippen LogP contribution is -2.42. The number of hydrogen-bond acceptors (Lipinski definition) is 4. The predicted molar refractivity (Wildman–Crippen MR) is 120 cm³/mol. The molecule has 1 aromatic heterocycles. The number of rotatable bonds is 4. The van der Waals surface area contributed by atoms with E-state index in [1.54, 1.807) is 31.4 Å². The molecule has 1 atom stereocenters. The van der Waals surface area contributed by atoms with Crippen molar-refractivity contribution in [2.45, 2.75) is 31.8 Å². The average molecular weight is 432 g/mol. The predicted octanol–water partition coefficient (Wildman–Crippen LogP) is 2.59. The quantitative estimate of drug-likeness (QED) is 0.590. The summed E-state index contributed by atoms with van der Waals surface area (Å²) in [5, 5.41) is 6.59. The van der Waals surface area contributed by atoms with Crippen LogP contribution in [0.25, 0.3) is 10.9 Å². The Labute approximate surface area is 184 Å². The van der Waals surface area contributed by atoms with Crippen LogP contribution in [-0.2, 0) is 22.6 Å². The van der Waals surface area contributed by atoms with Crippen LogP contribution in [0.5, 0.6) is 5.75 Å². The molecule has 3 amide bonds. The first-order valence-electron chi connectivity index (χ1n) is 10.7. The van der Waals surface area contributed by atoms with Crippen LogP contribution in [0.2, 0.25) is 0 Å². The van der Waals surface area contributed by atoms with Crippen molar-refractivity contribution < 1.29 is 19.1 Å². The fourth-order valence-electron chi connectivity index (χ4n) is 4.47. The Morgan fingerprint density at radius 2 is 2.03 bits per heavy atom. The van der Waals surface area contributed by atoms with Gasteiger partial charge in [0.15, 0.2) is 0 Å². The maximum atomic E-state index is 13.0. The molecule has 0 bridgehead atoms. The van der Waals surface area contributed by atoms with Crippen molar-refractivity contribution in [3.63, 3.8) is 0 Å². The number of carbonyl (C=O) groups excluding carboxylic acids is 3. The molecule has 164 valence electrons. The summed E-state index contributed by atoms with van der Waals surface area (Å²) in [6.07, 6.45) is 1.17. The molecular formula is C24H24N4O4. The first-order chi connectivity index (χ1) is 15.5. The van der Waals surface area contributed by atoms with Gasteiger partial charge in [0.05, 0.1) is 18.4 Å². The van der Waals surface area contributed by atoms with Crippen molar-refractivity contribution in [2.24, 2.45) is 0 Å². The van der Waals surface area contributed by atoms with E-state index < -0.39 is 6.04 Å². The standard InChI is InChI=1S/C24H24N4O4/c1-32-14-6-7-19-16(12-14)17-13-28(11-10-20(17)25-19)22(29)9-8-21-24(31)26-18-5-3-2-4-15(18)23(30)27-21/h2-7,12,21,25H,8-11,13H2,1H3,(H,26,31)(H,27,30)/t21-/m1/s1. The van der Waals surface area contributed by atoms with Crippen LogP contribution in [0.3, 0.4) is 0 Å². The first kappa shape index (κ1) is 20.1. The highest BCUT2D eigenvalue weighted by Gasteiger charge is 2.30. The lowest BCUT2D eigenvalue weighted by atomic mass is 10.0. The minimum atomic E-state index is -0.753. The first-order valence-corrected chi connectivity index (χ1v) is 10.7. The van der Waals surface area contributed by atoms with E-state index in [4.69, 9.17) is 4.74 Å². The molecule has 2 aliphatic rings. The Morgan fingerprint density at radius 1 is 1.19 bits per heavy atom.